The molecule has 2 rings (SSSR count). The molecule has 1 aromatic rings. The minimum absolute atomic E-state index is 0.0712. The third-order valence-electron chi connectivity index (χ3n) is 3.85. The number of aliphatic carboxylic acids is 1. The number of aryl methyl sites for hydroxylation is 1. The smallest absolute Gasteiger partial charge is 0.307 e. The highest BCUT2D eigenvalue weighted by Gasteiger charge is 2.32. The van der Waals surface area contributed by atoms with E-state index in [0.717, 1.165) is 16.9 Å². The van der Waals surface area contributed by atoms with Crippen molar-refractivity contribution in [3.63, 3.8) is 0 Å². The number of rotatable bonds is 4. The summed E-state index contributed by atoms with van der Waals surface area (Å²) >= 11 is 0. The first-order valence-electron chi connectivity index (χ1n) is 6.73. The molecule has 2 N–H and O–H groups in total. The summed E-state index contributed by atoms with van der Waals surface area (Å²) in [4.78, 5) is 11.0. The van der Waals surface area contributed by atoms with E-state index < -0.39 is 5.97 Å². The standard InChI is InChI=1S/C15H21NO3/c1-4-19-14-10(3)9(2)5-6-12(14)13-7-11(8-16-13)15(17)18/h5-6,11,13,16H,4,7-8H2,1-3H3,(H,17,18). The van der Waals surface area contributed by atoms with Gasteiger partial charge in [-0.3, -0.25) is 4.79 Å². The molecule has 0 saturated carbocycles. The molecule has 1 fully saturated rings. The van der Waals surface area contributed by atoms with Crippen molar-refractivity contribution in [2.75, 3.05) is 13.2 Å². The van der Waals surface area contributed by atoms with Gasteiger partial charge in [-0.25, -0.2) is 0 Å². The fourth-order valence-corrected chi connectivity index (χ4v) is 2.58. The molecule has 4 nitrogen and oxygen atoms in total. The van der Waals surface area contributed by atoms with Gasteiger partial charge in [-0.2, -0.15) is 0 Å². The number of hydrogen-bond donors (Lipinski definition) is 2. The SMILES string of the molecule is CCOc1c(C2CC(C(=O)O)CN2)ccc(C)c1C. The Morgan fingerprint density at radius 1 is 1.47 bits per heavy atom. The van der Waals surface area contributed by atoms with Gasteiger partial charge in [0.25, 0.3) is 0 Å². The van der Waals surface area contributed by atoms with E-state index in [1.54, 1.807) is 0 Å². The molecule has 104 valence electrons. The molecule has 0 radical (unpaired) electrons. The summed E-state index contributed by atoms with van der Waals surface area (Å²) in [6.07, 6.45) is 0.623. The molecule has 0 aliphatic carbocycles. The normalized spacial score (nSPS) is 22.5. The summed E-state index contributed by atoms with van der Waals surface area (Å²) in [7, 11) is 0. The number of benzene rings is 1. The number of carbonyl (C=O) groups is 1. The van der Waals surface area contributed by atoms with Crippen LogP contribution >= 0.6 is 0 Å². The zero-order chi connectivity index (χ0) is 14.0. The maximum Gasteiger partial charge on any atom is 0.307 e. The van der Waals surface area contributed by atoms with E-state index in [9.17, 15) is 4.79 Å². The molecular formula is C15H21NO3. The molecule has 1 aliphatic rings. The van der Waals surface area contributed by atoms with Crippen LogP contribution in [0.3, 0.4) is 0 Å². The van der Waals surface area contributed by atoms with E-state index in [2.05, 4.69) is 24.4 Å². The van der Waals surface area contributed by atoms with Gasteiger partial charge in [0.15, 0.2) is 0 Å². The predicted molar refractivity (Wildman–Crippen MR) is 73.6 cm³/mol. The van der Waals surface area contributed by atoms with Crippen LogP contribution in [0.5, 0.6) is 5.75 Å². The molecule has 1 aromatic carbocycles. The average Bonchev–Trinajstić information content (AvgIpc) is 2.85. The van der Waals surface area contributed by atoms with Crippen LogP contribution in [0.25, 0.3) is 0 Å². The molecule has 1 aliphatic heterocycles. The van der Waals surface area contributed by atoms with Crippen molar-refractivity contribution < 1.29 is 14.6 Å². The molecule has 19 heavy (non-hydrogen) atoms. The summed E-state index contributed by atoms with van der Waals surface area (Å²) in [6, 6.07) is 4.19. The first kappa shape index (κ1) is 13.9. The Morgan fingerprint density at radius 3 is 2.79 bits per heavy atom. The zero-order valence-electron chi connectivity index (χ0n) is 11.7. The molecule has 1 saturated heterocycles. The lowest BCUT2D eigenvalue weighted by molar-refractivity contribution is -0.141. The average molecular weight is 263 g/mol. The zero-order valence-corrected chi connectivity index (χ0v) is 11.7. The van der Waals surface area contributed by atoms with Gasteiger partial charge in [0, 0.05) is 18.2 Å². The predicted octanol–water partition coefficient (Wildman–Crippen LogP) is 2.44. The van der Waals surface area contributed by atoms with Crippen molar-refractivity contribution >= 4 is 5.97 Å². The monoisotopic (exact) mass is 263 g/mol. The fourth-order valence-electron chi connectivity index (χ4n) is 2.58. The van der Waals surface area contributed by atoms with Crippen LogP contribution in [0.2, 0.25) is 0 Å². The van der Waals surface area contributed by atoms with Crippen LogP contribution in [0, 0.1) is 19.8 Å². The molecular weight excluding hydrogens is 242 g/mol. The highest BCUT2D eigenvalue weighted by molar-refractivity contribution is 5.71. The Bertz CT molecular complexity index is 485. The third kappa shape index (κ3) is 2.73. The van der Waals surface area contributed by atoms with Gasteiger partial charge in [0.2, 0.25) is 0 Å². The Morgan fingerprint density at radius 2 is 2.21 bits per heavy atom. The lowest BCUT2D eigenvalue weighted by Crippen LogP contribution is -2.17. The molecule has 2 unspecified atom stereocenters. The van der Waals surface area contributed by atoms with Crippen molar-refractivity contribution in [1.82, 2.24) is 5.32 Å². The maximum absolute atomic E-state index is 11.0. The lowest BCUT2D eigenvalue weighted by Gasteiger charge is -2.19. The summed E-state index contributed by atoms with van der Waals surface area (Å²) in [5.74, 6) is -0.121. The van der Waals surface area contributed by atoms with E-state index >= 15 is 0 Å². The summed E-state index contributed by atoms with van der Waals surface area (Å²) in [5.41, 5.74) is 3.41. The van der Waals surface area contributed by atoms with Gasteiger partial charge in [-0.15, -0.1) is 0 Å². The summed E-state index contributed by atoms with van der Waals surface area (Å²) < 4.78 is 5.77. The van der Waals surface area contributed by atoms with E-state index in [1.807, 2.05) is 13.8 Å². The molecule has 4 heteroatoms. The molecule has 1 heterocycles. The number of ether oxygens (including phenoxy) is 1. The van der Waals surface area contributed by atoms with Gasteiger partial charge in [0.05, 0.1) is 12.5 Å². The first-order valence-corrected chi connectivity index (χ1v) is 6.73. The second-order valence-electron chi connectivity index (χ2n) is 5.09. The Balaban J connectivity index is 2.30. The molecule has 0 aromatic heterocycles. The van der Waals surface area contributed by atoms with Gasteiger partial charge in [-0.05, 0) is 38.3 Å². The number of carboxylic acid groups (broad SMARTS) is 1. The van der Waals surface area contributed by atoms with Gasteiger partial charge in [-0.1, -0.05) is 12.1 Å². The van der Waals surface area contributed by atoms with Crippen molar-refractivity contribution in [3.8, 4) is 5.75 Å². The van der Waals surface area contributed by atoms with Crippen LogP contribution in [-0.2, 0) is 4.79 Å². The molecule has 2 atom stereocenters. The highest BCUT2D eigenvalue weighted by Crippen LogP contribution is 2.36. The van der Waals surface area contributed by atoms with E-state index in [1.165, 1.54) is 5.56 Å². The Labute approximate surface area is 113 Å². The minimum Gasteiger partial charge on any atom is -0.493 e. The maximum atomic E-state index is 11.0. The van der Waals surface area contributed by atoms with E-state index in [-0.39, 0.29) is 12.0 Å². The molecule has 0 amide bonds. The Hall–Kier alpha value is -1.55. The van der Waals surface area contributed by atoms with Crippen LogP contribution in [-0.4, -0.2) is 24.2 Å². The minimum atomic E-state index is -0.725. The van der Waals surface area contributed by atoms with Gasteiger partial charge < -0.3 is 15.2 Å². The van der Waals surface area contributed by atoms with Crippen molar-refractivity contribution in [2.45, 2.75) is 33.2 Å². The van der Waals surface area contributed by atoms with Crippen LogP contribution in [0.4, 0.5) is 0 Å². The van der Waals surface area contributed by atoms with E-state index in [4.69, 9.17) is 9.84 Å². The van der Waals surface area contributed by atoms with Crippen LogP contribution in [0.15, 0.2) is 12.1 Å². The molecule has 0 spiro atoms. The van der Waals surface area contributed by atoms with Crippen LogP contribution in [0.1, 0.15) is 36.1 Å². The van der Waals surface area contributed by atoms with Crippen LogP contribution < -0.4 is 10.1 Å². The van der Waals surface area contributed by atoms with Crippen molar-refractivity contribution in [1.29, 1.82) is 0 Å². The number of nitrogens with one attached hydrogen (secondary N) is 1. The van der Waals surface area contributed by atoms with Crippen molar-refractivity contribution in [2.24, 2.45) is 5.92 Å². The molecule has 0 bridgehead atoms. The quantitative estimate of drug-likeness (QED) is 0.876. The Kier molecular flexibility index (Phi) is 4.10. The van der Waals surface area contributed by atoms with Gasteiger partial charge >= 0.3 is 5.97 Å². The second-order valence-corrected chi connectivity index (χ2v) is 5.09. The lowest BCUT2D eigenvalue weighted by atomic mass is 9.95. The third-order valence-corrected chi connectivity index (χ3v) is 3.85. The number of hydrogen-bond acceptors (Lipinski definition) is 3. The van der Waals surface area contributed by atoms with Gasteiger partial charge in [0.1, 0.15) is 5.75 Å². The van der Waals surface area contributed by atoms with E-state index in [0.29, 0.717) is 19.6 Å². The summed E-state index contributed by atoms with van der Waals surface area (Å²) in [5, 5.41) is 12.4. The first-order chi connectivity index (χ1) is 9.04. The number of carboxylic acids is 1. The highest BCUT2D eigenvalue weighted by atomic mass is 16.5. The second kappa shape index (κ2) is 5.61. The fraction of sp³-hybridized carbons (Fsp3) is 0.533. The van der Waals surface area contributed by atoms with Crippen molar-refractivity contribution in [3.05, 3.63) is 28.8 Å². The topological polar surface area (TPSA) is 58.6 Å². The summed E-state index contributed by atoms with van der Waals surface area (Å²) in [6.45, 7) is 7.22. The largest absolute Gasteiger partial charge is 0.493 e.